The Kier molecular flexibility index (Phi) is 4.38. The van der Waals surface area contributed by atoms with Gasteiger partial charge in [0.15, 0.2) is 16.6 Å². The SMILES string of the molecule is CC(C)(C)C(=O)/C=c1\[nH]c(=O)/c(=C\c2cnc(-c3ccco3)s2)s1. The highest BCUT2D eigenvalue weighted by Crippen LogP contribution is 2.25. The summed E-state index contributed by atoms with van der Waals surface area (Å²) in [5.41, 5.74) is -0.679. The van der Waals surface area contributed by atoms with Crippen molar-refractivity contribution in [2.45, 2.75) is 20.8 Å². The normalized spacial score (nSPS) is 13.6. The summed E-state index contributed by atoms with van der Waals surface area (Å²) in [6.07, 6.45) is 6.56. The highest BCUT2D eigenvalue weighted by molar-refractivity contribution is 7.16. The van der Waals surface area contributed by atoms with Gasteiger partial charge in [0.1, 0.15) is 0 Å². The molecule has 0 unspecified atom stereocenters. The monoisotopic (exact) mass is 360 g/mol. The van der Waals surface area contributed by atoms with Crippen LogP contribution < -0.4 is 14.8 Å². The van der Waals surface area contributed by atoms with Crippen molar-refractivity contribution in [2.24, 2.45) is 5.41 Å². The summed E-state index contributed by atoms with van der Waals surface area (Å²) >= 11 is 2.70. The van der Waals surface area contributed by atoms with Crippen molar-refractivity contribution in [1.82, 2.24) is 9.97 Å². The van der Waals surface area contributed by atoms with Gasteiger partial charge in [0.05, 0.1) is 15.5 Å². The van der Waals surface area contributed by atoms with E-state index < -0.39 is 5.41 Å². The van der Waals surface area contributed by atoms with Crippen molar-refractivity contribution in [3.8, 4) is 10.8 Å². The number of nitrogens with zero attached hydrogens (tertiary/aromatic N) is 1. The molecule has 0 radical (unpaired) electrons. The number of thiazole rings is 2. The third-order valence-corrected chi connectivity index (χ3v) is 5.13. The van der Waals surface area contributed by atoms with E-state index in [1.54, 1.807) is 24.6 Å². The van der Waals surface area contributed by atoms with Crippen molar-refractivity contribution >= 4 is 40.6 Å². The smallest absolute Gasteiger partial charge is 0.266 e. The van der Waals surface area contributed by atoms with E-state index in [0.29, 0.717) is 15.0 Å². The molecule has 0 aliphatic heterocycles. The van der Waals surface area contributed by atoms with Crippen LogP contribution in [-0.4, -0.2) is 15.8 Å². The summed E-state index contributed by atoms with van der Waals surface area (Å²) in [5, 5.41) is 0.758. The van der Waals surface area contributed by atoms with Gasteiger partial charge in [-0.3, -0.25) is 9.59 Å². The second-order valence-corrected chi connectivity index (χ2v) is 8.38. The summed E-state index contributed by atoms with van der Waals surface area (Å²) in [7, 11) is 0. The fourth-order valence-corrected chi connectivity index (χ4v) is 3.64. The van der Waals surface area contributed by atoms with E-state index in [9.17, 15) is 9.59 Å². The molecule has 24 heavy (non-hydrogen) atoms. The lowest BCUT2D eigenvalue weighted by molar-refractivity contribution is -0.119. The molecule has 0 atom stereocenters. The summed E-state index contributed by atoms with van der Waals surface area (Å²) in [4.78, 5) is 32.0. The third-order valence-electron chi connectivity index (χ3n) is 3.21. The van der Waals surface area contributed by atoms with Gasteiger partial charge in [-0.2, -0.15) is 0 Å². The van der Waals surface area contributed by atoms with Crippen LogP contribution in [0.2, 0.25) is 0 Å². The maximum Gasteiger partial charge on any atom is 0.266 e. The average molecular weight is 360 g/mol. The van der Waals surface area contributed by atoms with Gasteiger partial charge >= 0.3 is 0 Å². The molecule has 0 amide bonds. The lowest BCUT2D eigenvalue weighted by Crippen LogP contribution is -2.21. The minimum absolute atomic E-state index is 0.0237. The zero-order valence-corrected chi connectivity index (χ0v) is 15.1. The fraction of sp³-hybridized carbons (Fsp3) is 0.235. The minimum Gasteiger partial charge on any atom is -0.462 e. The predicted molar refractivity (Wildman–Crippen MR) is 96.5 cm³/mol. The first-order valence-corrected chi connectivity index (χ1v) is 8.93. The van der Waals surface area contributed by atoms with Crippen LogP contribution in [0.15, 0.2) is 33.8 Å². The summed E-state index contributed by atoms with van der Waals surface area (Å²) in [6, 6.07) is 3.64. The molecule has 7 heteroatoms. The number of hydrogen-bond donors (Lipinski definition) is 1. The van der Waals surface area contributed by atoms with Crippen LogP contribution in [0.4, 0.5) is 0 Å². The van der Waals surface area contributed by atoms with E-state index >= 15 is 0 Å². The molecular formula is C17H16N2O3S2. The van der Waals surface area contributed by atoms with Crippen LogP contribution in [0.25, 0.3) is 22.9 Å². The molecule has 1 N–H and O–H groups in total. The minimum atomic E-state index is -0.472. The Morgan fingerprint density at radius 3 is 2.79 bits per heavy atom. The number of H-pyrrole nitrogens is 1. The van der Waals surface area contributed by atoms with Crippen molar-refractivity contribution in [3.05, 3.63) is 49.0 Å². The van der Waals surface area contributed by atoms with E-state index in [4.69, 9.17) is 4.42 Å². The quantitative estimate of drug-likeness (QED) is 0.778. The van der Waals surface area contributed by atoms with E-state index in [2.05, 4.69) is 9.97 Å². The fourth-order valence-electron chi connectivity index (χ4n) is 1.86. The molecule has 3 rings (SSSR count). The molecule has 0 saturated heterocycles. The van der Waals surface area contributed by atoms with Gasteiger partial charge in [0, 0.05) is 22.6 Å². The number of nitrogens with one attached hydrogen (secondary N) is 1. The van der Waals surface area contributed by atoms with Gasteiger partial charge in [0.25, 0.3) is 5.56 Å². The molecule has 3 aromatic heterocycles. The van der Waals surface area contributed by atoms with Gasteiger partial charge in [-0.1, -0.05) is 20.8 Å². The third kappa shape index (κ3) is 3.63. The van der Waals surface area contributed by atoms with Gasteiger partial charge < -0.3 is 9.40 Å². The van der Waals surface area contributed by atoms with Crippen molar-refractivity contribution in [2.75, 3.05) is 0 Å². The van der Waals surface area contributed by atoms with Crippen molar-refractivity contribution in [3.63, 3.8) is 0 Å². The Labute approximate surface area is 146 Å². The van der Waals surface area contributed by atoms with Gasteiger partial charge in [0.2, 0.25) is 0 Å². The lowest BCUT2D eigenvalue weighted by atomic mass is 9.91. The van der Waals surface area contributed by atoms with Crippen LogP contribution in [-0.2, 0) is 4.79 Å². The Morgan fingerprint density at radius 1 is 1.33 bits per heavy atom. The summed E-state index contributed by atoms with van der Waals surface area (Å²) in [6.45, 7) is 5.54. The molecule has 0 spiro atoms. The Balaban J connectivity index is 1.96. The Hall–Kier alpha value is -2.25. The molecule has 3 heterocycles. The Bertz CT molecular complexity index is 1030. The molecular weight excluding hydrogens is 344 g/mol. The van der Waals surface area contributed by atoms with Crippen LogP contribution in [0, 0.1) is 5.41 Å². The average Bonchev–Trinajstić information content (AvgIpc) is 3.20. The second kappa shape index (κ2) is 6.33. The maximum absolute atomic E-state index is 12.1. The number of furan rings is 1. The Morgan fingerprint density at radius 2 is 2.12 bits per heavy atom. The molecule has 0 fully saturated rings. The van der Waals surface area contributed by atoms with E-state index in [1.807, 2.05) is 26.8 Å². The van der Waals surface area contributed by atoms with Gasteiger partial charge in [-0.05, 0) is 18.2 Å². The van der Waals surface area contributed by atoms with Crippen LogP contribution in [0.5, 0.6) is 0 Å². The molecule has 0 aliphatic carbocycles. The van der Waals surface area contributed by atoms with Crippen molar-refractivity contribution in [1.29, 1.82) is 0 Å². The number of rotatable bonds is 3. The van der Waals surface area contributed by atoms with Crippen LogP contribution in [0.3, 0.4) is 0 Å². The predicted octanol–water partition coefficient (Wildman–Crippen LogP) is 2.38. The molecule has 3 aromatic rings. The topological polar surface area (TPSA) is 76.0 Å². The highest BCUT2D eigenvalue weighted by Gasteiger charge is 2.18. The second-order valence-electron chi connectivity index (χ2n) is 6.23. The number of aromatic amines is 1. The van der Waals surface area contributed by atoms with Crippen LogP contribution in [0.1, 0.15) is 25.6 Å². The first kappa shape index (κ1) is 16.6. The molecule has 0 bridgehead atoms. The molecule has 5 nitrogen and oxygen atoms in total. The molecule has 0 saturated carbocycles. The van der Waals surface area contributed by atoms with Crippen molar-refractivity contribution < 1.29 is 9.21 Å². The number of aromatic nitrogens is 2. The summed E-state index contributed by atoms with van der Waals surface area (Å²) in [5.74, 6) is 0.675. The number of hydrogen-bond acceptors (Lipinski definition) is 6. The largest absolute Gasteiger partial charge is 0.462 e. The van der Waals surface area contributed by atoms with E-state index in [1.165, 1.54) is 28.7 Å². The lowest BCUT2D eigenvalue weighted by Gasteiger charge is -2.12. The standard InChI is InChI=1S/C17H16N2O3S2/c1-17(2,3)13(20)8-14-19-15(21)12(24-14)7-10-9-18-16(23-10)11-5-4-6-22-11/h4-9H,1-3H3,(H,19,21)/b12-7+,14-8+. The first-order valence-electron chi connectivity index (χ1n) is 7.30. The van der Waals surface area contributed by atoms with E-state index in [-0.39, 0.29) is 11.3 Å². The molecule has 0 aromatic carbocycles. The van der Waals surface area contributed by atoms with Gasteiger partial charge in [-0.25, -0.2) is 4.98 Å². The number of Topliss-reactive ketones (excluding diaryl/α,β-unsaturated/α-hetero) is 1. The highest BCUT2D eigenvalue weighted by atomic mass is 32.1. The zero-order valence-electron chi connectivity index (χ0n) is 13.5. The summed E-state index contributed by atoms with van der Waals surface area (Å²) < 4.78 is 6.41. The molecule has 0 aliphatic rings. The number of carbonyl (C=O) groups excluding carboxylic acids is 1. The van der Waals surface area contributed by atoms with Crippen LogP contribution >= 0.6 is 22.7 Å². The number of ketones is 1. The molecule has 124 valence electrons. The zero-order chi connectivity index (χ0) is 17.3. The first-order chi connectivity index (χ1) is 11.3. The van der Waals surface area contributed by atoms with Gasteiger partial charge in [-0.15, -0.1) is 22.7 Å². The van der Waals surface area contributed by atoms with E-state index in [0.717, 1.165) is 9.88 Å². The number of carbonyl (C=O) groups is 1. The maximum atomic E-state index is 12.1.